The van der Waals surface area contributed by atoms with Crippen molar-refractivity contribution in [3.63, 3.8) is 0 Å². The molecule has 1 aromatic heterocycles. The number of hydrogen-bond acceptors (Lipinski definition) is 5. The quantitative estimate of drug-likeness (QED) is 0.256. The van der Waals surface area contributed by atoms with Gasteiger partial charge in [-0.1, -0.05) is 12.1 Å². The fourth-order valence-electron chi connectivity index (χ4n) is 6.39. The number of carbonyl (C=O) groups excluding carboxylic acids is 2. The number of aromatic nitrogens is 1. The van der Waals surface area contributed by atoms with Crippen LogP contribution in [0, 0.1) is 5.41 Å². The molecule has 3 heterocycles. The summed E-state index contributed by atoms with van der Waals surface area (Å²) in [5.41, 5.74) is -14.8. The summed E-state index contributed by atoms with van der Waals surface area (Å²) in [5, 5.41) is 4.15. The third-order valence-corrected chi connectivity index (χ3v) is 10.2. The molecule has 4 rings (SSSR count). The number of nitrogens with one attached hydrogen (secondary N) is 1. The molecule has 24 heteroatoms. The lowest BCUT2D eigenvalue weighted by Crippen LogP contribution is -2.72. The van der Waals surface area contributed by atoms with E-state index in [1.54, 1.807) is 24.3 Å². The first-order chi connectivity index (χ1) is 24.5. The van der Waals surface area contributed by atoms with Crippen LogP contribution in [0.4, 0.5) is 86.0 Å². The lowest BCUT2D eigenvalue weighted by molar-refractivity contribution is -0.481. The Labute approximate surface area is 297 Å². The van der Waals surface area contributed by atoms with E-state index in [1.165, 1.54) is 5.38 Å². The van der Waals surface area contributed by atoms with Crippen LogP contribution < -0.4 is 10.2 Å². The number of hydrogen-bond donors (Lipinski definition) is 1. The Morgan fingerprint density at radius 3 is 1.74 bits per heavy atom. The number of rotatable bonds is 9. The van der Waals surface area contributed by atoms with Crippen LogP contribution in [0.15, 0.2) is 29.6 Å². The number of likely N-dealkylation sites (tertiary alicyclic amines) is 1. The Hall–Kier alpha value is -3.60. The van der Waals surface area contributed by atoms with Crippen molar-refractivity contribution in [3.8, 4) is 0 Å². The zero-order chi connectivity index (χ0) is 40.9. The molecule has 6 nitrogen and oxygen atoms in total. The highest BCUT2D eigenvalue weighted by Crippen LogP contribution is 2.69. The highest BCUT2D eigenvalue weighted by atomic mass is 32.1. The monoisotopic (exact) mass is 830 g/mol. The summed E-state index contributed by atoms with van der Waals surface area (Å²) in [6.45, 7) is -0.591. The minimum atomic E-state index is -8.47. The predicted molar refractivity (Wildman–Crippen MR) is 156 cm³/mol. The van der Waals surface area contributed by atoms with Crippen molar-refractivity contribution in [1.82, 2.24) is 9.88 Å². The van der Waals surface area contributed by atoms with Crippen LogP contribution in [0.1, 0.15) is 59.9 Å². The number of piperidine rings is 2. The standard InChI is InChI=1S/C30H27F17N4O2S/c31-23(27(36,37)38,15-24(32,33)26(28(39,40)41,29(42,43)44)30(45,46)47)25(34,35)22(53)51-12-8-16(9-13-51)21-49-18(14-54-21)20(52)48-17-6-2-3-7-19(17)50-10-4-1-5-11-50/h2-3,6-7,14,16H,1,4-5,8-13,15H2,(H,48,52). The number of thiazole rings is 1. The topological polar surface area (TPSA) is 65.5 Å². The van der Waals surface area contributed by atoms with Gasteiger partial charge >= 0.3 is 36.0 Å². The molecule has 2 amide bonds. The normalized spacial score (nSPS) is 18.8. The van der Waals surface area contributed by atoms with Crippen LogP contribution in [0.25, 0.3) is 0 Å². The van der Waals surface area contributed by atoms with Crippen molar-refractivity contribution in [1.29, 1.82) is 0 Å². The van der Waals surface area contributed by atoms with Gasteiger partial charge in [0.25, 0.3) is 23.4 Å². The van der Waals surface area contributed by atoms with E-state index in [0.29, 0.717) is 5.69 Å². The number of anilines is 2. The molecule has 1 atom stereocenters. The smallest absolute Gasteiger partial charge is 0.370 e. The molecule has 1 unspecified atom stereocenters. The third-order valence-electron chi connectivity index (χ3n) is 9.24. The number of amides is 2. The van der Waals surface area contributed by atoms with Crippen LogP contribution in [-0.2, 0) is 4.79 Å². The van der Waals surface area contributed by atoms with Gasteiger partial charge in [0.05, 0.1) is 22.8 Å². The van der Waals surface area contributed by atoms with Gasteiger partial charge in [-0.15, -0.1) is 11.3 Å². The summed E-state index contributed by atoms with van der Waals surface area (Å²) in [4.78, 5) is 31.5. The molecule has 2 aliphatic heterocycles. The molecule has 1 aromatic carbocycles. The molecule has 2 saturated heterocycles. The molecule has 0 saturated carbocycles. The van der Waals surface area contributed by atoms with Gasteiger partial charge in [-0.25, -0.2) is 18.2 Å². The number of alkyl halides is 17. The Kier molecular flexibility index (Phi) is 11.6. The van der Waals surface area contributed by atoms with Gasteiger partial charge in [-0.2, -0.15) is 61.5 Å². The molecule has 304 valence electrons. The first-order valence-corrected chi connectivity index (χ1v) is 16.5. The van der Waals surface area contributed by atoms with Crippen molar-refractivity contribution >= 4 is 34.5 Å². The number of carbonyl (C=O) groups is 2. The number of halogens is 17. The molecule has 1 N–H and O–H groups in total. The van der Waals surface area contributed by atoms with Gasteiger partial charge in [-0.05, 0) is 44.2 Å². The molecule has 0 radical (unpaired) electrons. The van der Waals surface area contributed by atoms with E-state index >= 15 is 13.2 Å². The fraction of sp³-hybridized carbons (Fsp3) is 0.633. The van der Waals surface area contributed by atoms with Crippen LogP contribution >= 0.6 is 11.3 Å². The van der Waals surface area contributed by atoms with E-state index < -0.39 is 97.7 Å². The molecule has 2 aromatic rings. The van der Waals surface area contributed by atoms with E-state index in [9.17, 15) is 71.1 Å². The number of nitrogens with zero attached hydrogens (tertiary/aromatic N) is 3. The van der Waals surface area contributed by atoms with Crippen molar-refractivity contribution in [2.45, 2.75) is 86.7 Å². The maximum atomic E-state index is 15.2. The van der Waals surface area contributed by atoms with Crippen molar-refractivity contribution in [3.05, 3.63) is 40.3 Å². The summed E-state index contributed by atoms with van der Waals surface area (Å²) in [6.07, 6.45) is -35.6. The maximum Gasteiger partial charge on any atom is 0.429 e. The fourth-order valence-corrected chi connectivity index (χ4v) is 7.36. The third kappa shape index (κ3) is 7.50. The zero-order valence-electron chi connectivity index (χ0n) is 27.0. The first-order valence-electron chi connectivity index (χ1n) is 15.6. The highest BCUT2D eigenvalue weighted by Gasteiger charge is 2.95. The van der Waals surface area contributed by atoms with E-state index in [-0.39, 0.29) is 15.6 Å². The highest BCUT2D eigenvalue weighted by molar-refractivity contribution is 7.10. The van der Waals surface area contributed by atoms with Crippen LogP contribution in [0.3, 0.4) is 0 Å². The molecule has 0 bridgehead atoms. The molecular weight excluding hydrogens is 803 g/mol. The molecular formula is C30H27F17N4O2S. The summed E-state index contributed by atoms with van der Waals surface area (Å²) in [6, 6.07) is 6.87. The van der Waals surface area contributed by atoms with E-state index in [0.717, 1.165) is 49.4 Å². The summed E-state index contributed by atoms with van der Waals surface area (Å²) in [7, 11) is 0. The van der Waals surface area contributed by atoms with Gasteiger partial charge in [0.1, 0.15) is 5.69 Å². The minimum Gasteiger partial charge on any atom is -0.370 e. The number of para-hydroxylation sites is 2. The van der Waals surface area contributed by atoms with Crippen LogP contribution in [0.2, 0.25) is 0 Å². The predicted octanol–water partition coefficient (Wildman–Crippen LogP) is 9.70. The Balaban J connectivity index is 1.52. The summed E-state index contributed by atoms with van der Waals surface area (Å²) < 4.78 is 235. The number of benzene rings is 1. The van der Waals surface area contributed by atoms with Gasteiger partial charge in [-0.3, -0.25) is 9.59 Å². The van der Waals surface area contributed by atoms with Gasteiger partial charge < -0.3 is 15.1 Å². The lowest BCUT2D eigenvalue weighted by atomic mass is 9.72. The van der Waals surface area contributed by atoms with Crippen LogP contribution in [0.5, 0.6) is 0 Å². The SMILES string of the molecule is O=C(Nc1ccccc1N1CCCCC1)c1csc(C2CCN(C(=O)C(F)(F)C(F)(CC(F)(F)C(C(F)(F)F)(C(F)(F)F)C(F)(F)F)C(F)(F)F)CC2)n1. The molecule has 0 spiro atoms. The van der Waals surface area contributed by atoms with Crippen molar-refractivity contribution in [2.24, 2.45) is 5.41 Å². The molecule has 2 fully saturated rings. The Morgan fingerprint density at radius 2 is 1.24 bits per heavy atom. The lowest BCUT2D eigenvalue weighted by Gasteiger charge is -2.46. The average molecular weight is 831 g/mol. The zero-order valence-corrected chi connectivity index (χ0v) is 27.8. The molecule has 2 aliphatic rings. The van der Waals surface area contributed by atoms with E-state index in [1.807, 2.05) is 0 Å². The molecule has 54 heavy (non-hydrogen) atoms. The Bertz CT molecular complexity index is 1620. The Morgan fingerprint density at radius 1 is 0.722 bits per heavy atom. The molecule has 0 aliphatic carbocycles. The largest absolute Gasteiger partial charge is 0.429 e. The van der Waals surface area contributed by atoms with Crippen molar-refractivity contribution in [2.75, 3.05) is 36.4 Å². The second kappa shape index (κ2) is 14.5. The first kappa shape index (κ1) is 43.1. The van der Waals surface area contributed by atoms with Gasteiger partial charge in [0, 0.05) is 37.5 Å². The van der Waals surface area contributed by atoms with Crippen LogP contribution in [-0.4, -0.2) is 90.1 Å². The maximum absolute atomic E-state index is 15.2. The van der Waals surface area contributed by atoms with E-state index in [4.69, 9.17) is 0 Å². The van der Waals surface area contributed by atoms with Crippen molar-refractivity contribution < 1.29 is 84.2 Å². The second-order valence-electron chi connectivity index (χ2n) is 12.7. The van der Waals surface area contributed by atoms with Gasteiger partial charge in [0.15, 0.2) is 0 Å². The minimum absolute atomic E-state index is 0.130. The summed E-state index contributed by atoms with van der Waals surface area (Å²) >= 11 is 0.863. The second-order valence-corrected chi connectivity index (χ2v) is 13.5. The van der Waals surface area contributed by atoms with Gasteiger partial charge in [0.2, 0.25) is 0 Å². The average Bonchev–Trinajstić information content (AvgIpc) is 3.53. The summed E-state index contributed by atoms with van der Waals surface area (Å²) in [5.74, 6) is -19.9. The van der Waals surface area contributed by atoms with E-state index in [2.05, 4.69) is 15.2 Å².